The van der Waals surface area contributed by atoms with Gasteiger partial charge in [-0.15, -0.1) is 0 Å². The molecular weight excluding hydrogens is 478 g/mol. The second-order valence-electron chi connectivity index (χ2n) is 11.1. The van der Waals surface area contributed by atoms with Crippen molar-refractivity contribution < 1.29 is 0 Å². The lowest BCUT2D eigenvalue weighted by atomic mass is 9.48. The molecule has 2 N–H and O–H groups in total. The van der Waals surface area contributed by atoms with Crippen molar-refractivity contribution in [2.24, 2.45) is 5.41 Å². The maximum Gasteiger partial charge on any atom is 0.0461 e. The van der Waals surface area contributed by atoms with E-state index in [1.807, 2.05) is 0 Å². The Morgan fingerprint density at radius 2 is 0.971 bits per heavy atom. The maximum absolute atomic E-state index is 6.65. The fourth-order valence-corrected chi connectivity index (χ4v) is 9.92. The highest BCUT2D eigenvalue weighted by Crippen LogP contribution is 2.85. The number of halogens is 1. The maximum atomic E-state index is 6.65. The van der Waals surface area contributed by atoms with E-state index in [1.165, 1.54) is 24.0 Å². The first-order valence-electron chi connectivity index (χ1n) is 13.2. The van der Waals surface area contributed by atoms with Gasteiger partial charge in [0.05, 0.1) is 0 Å². The summed E-state index contributed by atoms with van der Waals surface area (Å²) in [5, 5.41) is 0. The van der Waals surface area contributed by atoms with E-state index in [-0.39, 0.29) is 21.7 Å². The smallest absolute Gasteiger partial charge is 0.0461 e. The molecule has 0 aromatic heterocycles. The molecule has 3 aromatic carbocycles. The van der Waals surface area contributed by atoms with E-state index in [0.717, 1.165) is 35.8 Å². The van der Waals surface area contributed by atoms with E-state index in [2.05, 4.69) is 104 Å². The van der Waals surface area contributed by atoms with Crippen molar-refractivity contribution in [1.82, 2.24) is 0 Å². The predicted molar refractivity (Wildman–Crippen MR) is 147 cm³/mol. The van der Waals surface area contributed by atoms with E-state index in [1.54, 1.807) is 22.3 Å². The molecule has 0 bridgehead atoms. The third-order valence-electron chi connectivity index (χ3n) is 10.2. The average molecular weight is 515 g/mol. The van der Waals surface area contributed by atoms with Crippen LogP contribution in [0.1, 0.15) is 99.6 Å². The van der Waals surface area contributed by atoms with Crippen LogP contribution in [-0.2, 0) is 16.2 Å². The SMILES string of the molecule is CCC[C@@]12c3ccccc3[C@@]3(CCC)c4cc(Br)c(N)cc4[C@@](CCC)(c4ccccc41)[C@@]23C. The molecular formula is C32H36BrN. The molecule has 0 aliphatic heterocycles. The summed E-state index contributed by atoms with van der Waals surface area (Å²) in [7, 11) is 0. The summed E-state index contributed by atoms with van der Waals surface area (Å²) in [4.78, 5) is 0. The van der Waals surface area contributed by atoms with Crippen LogP contribution in [0.2, 0.25) is 0 Å². The lowest BCUT2D eigenvalue weighted by Crippen LogP contribution is -2.54. The van der Waals surface area contributed by atoms with E-state index in [9.17, 15) is 0 Å². The minimum absolute atomic E-state index is 0.000462. The van der Waals surface area contributed by atoms with Crippen molar-refractivity contribution in [2.45, 2.75) is 82.5 Å². The Labute approximate surface area is 213 Å². The van der Waals surface area contributed by atoms with Crippen LogP contribution in [0.5, 0.6) is 0 Å². The second-order valence-corrected chi connectivity index (χ2v) is 12.0. The summed E-state index contributed by atoms with van der Waals surface area (Å²) < 4.78 is 1.04. The Kier molecular flexibility index (Phi) is 4.76. The van der Waals surface area contributed by atoms with E-state index < -0.39 is 0 Å². The zero-order valence-corrected chi connectivity index (χ0v) is 22.6. The minimum atomic E-state index is -0.0497. The lowest BCUT2D eigenvalue weighted by molar-refractivity contribution is 0.0540. The Balaban J connectivity index is 1.92. The molecule has 3 aromatic rings. The molecule has 2 heteroatoms. The second kappa shape index (κ2) is 7.23. The molecule has 3 aliphatic carbocycles. The average Bonchev–Trinajstić information content (AvgIpc) is 3.24. The summed E-state index contributed by atoms with van der Waals surface area (Å²) >= 11 is 3.84. The molecule has 4 atom stereocenters. The Morgan fingerprint density at radius 1 is 0.618 bits per heavy atom. The van der Waals surface area contributed by atoms with Crippen molar-refractivity contribution in [1.29, 1.82) is 0 Å². The number of rotatable bonds is 6. The van der Waals surface area contributed by atoms with Gasteiger partial charge in [0.25, 0.3) is 0 Å². The zero-order valence-electron chi connectivity index (χ0n) is 21.0. The van der Waals surface area contributed by atoms with Crippen molar-refractivity contribution in [2.75, 3.05) is 5.73 Å². The van der Waals surface area contributed by atoms with E-state index >= 15 is 0 Å². The molecule has 0 spiro atoms. The van der Waals surface area contributed by atoms with Crippen molar-refractivity contribution >= 4 is 21.6 Å². The van der Waals surface area contributed by atoms with Crippen LogP contribution in [0, 0.1) is 5.41 Å². The van der Waals surface area contributed by atoms with Gasteiger partial charge in [0.1, 0.15) is 0 Å². The third-order valence-corrected chi connectivity index (χ3v) is 10.9. The first-order chi connectivity index (χ1) is 16.4. The molecule has 34 heavy (non-hydrogen) atoms. The van der Waals surface area contributed by atoms with Crippen LogP contribution in [0.3, 0.4) is 0 Å². The summed E-state index contributed by atoms with van der Waals surface area (Å²) in [6.45, 7) is 9.79. The van der Waals surface area contributed by atoms with Gasteiger partial charge < -0.3 is 5.73 Å². The Hall–Kier alpha value is -2.06. The van der Waals surface area contributed by atoms with Gasteiger partial charge in [0.15, 0.2) is 0 Å². The van der Waals surface area contributed by atoms with Gasteiger partial charge in [0.2, 0.25) is 0 Å². The van der Waals surface area contributed by atoms with Crippen molar-refractivity contribution in [3.8, 4) is 0 Å². The third kappa shape index (κ3) is 2.04. The molecule has 0 unspecified atom stereocenters. The van der Waals surface area contributed by atoms with Crippen LogP contribution in [0.4, 0.5) is 5.69 Å². The topological polar surface area (TPSA) is 26.0 Å². The Morgan fingerprint density at radius 3 is 1.35 bits per heavy atom. The summed E-state index contributed by atoms with van der Waals surface area (Å²) in [6.07, 6.45) is 6.98. The fourth-order valence-electron chi connectivity index (χ4n) is 9.58. The largest absolute Gasteiger partial charge is 0.398 e. The molecule has 0 heterocycles. The number of benzene rings is 3. The van der Waals surface area contributed by atoms with Gasteiger partial charge in [-0.05, 0) is 80.7 Å². The number of anilines is 1. The number of nitrogens with two attached hydrogens (primary N) is 1. The quantitative estimate of drug-likeness (QED) is 0.327. The van der Waals surface area contributed by atoms with Crippen LogP contribution in [0.25, 0.3) is 0 Å². The van der Waals surface area contributed by atoms with E-state index in [4.69, 9.17) is 5.73 Å². The molecule has 0 radical (unpaired) electrons. The van der Waals surface area contributed by atoms with Crippen LogP contribution in [0.15, 0.2) is 65.1 Å². The standard InChI is InChI=1S/C32H36BrN/c1-5-16-30-21-12-8-10-14-23(21)31(17-6-2)25-19-27(33)28(34)20-26(25)32(18-7-3,29(30,31)4)24-15-11-9-13-22(24)30/h8-15,19-20H,5-7,16-18,34H2,1-4H3/t29-,30+,31-,32+/m0/s1. The van der Waals surface area contributed by atoms with Crippen LogP contribution >= 0.6 is 15.9 Å². The molecule has 176 valence electrons. The number of fused-ring (bicyclic) bond motifs is 9. The molecule has 0 fully saturated rings. The van der Waals surface area contributed by atoms with Gasteiger partial charge in [-0.3, -0.25) is 0 Å². The normalized spacial score (nSPS) is 31.8. The van der Waals surface area contributed by atoms with Crippen molar-refractivity contribution in [3.63, 3.8) is 0 Å². The predicted octanol–water partition coefficient (Wildman–Crippen LogP) is 8.64. The fraction of sp³-hybridized carbons (Fsp3) is 0.438. The Bertz CT molecular complexity index is 1220. The summed E-state index contributed by atoms with van der Waals surface area (Å²) in [6, 6.07) is 23.7. The monoisotopic (exact) mass is 513 g/mol. The van der Waals surface area contributed by atoms with Gasteiger partial charge >= 0.3 is 0 Å². The highest BCUT2D eigenvalue weighted by Gasteiger charge is 2.82. The van der Waals surface area contributed by atoms with E-state index in [0.29, 0.717) is 0 Å². The number of hydrogen-bond acceptors (Lipinski definition) is 1. The molecule has 0 saturated heterocycles. The molecule has 1 nitrogen and oxygen atoms in total. The van der Waals surface area contributed by atoms with Gasteiger partial charge in [0, 0.05) is 31.8 Å². The van der Waals surface area contributed by atoms with Gasteiger partial charge in [-0.25, -0.2) is 0 Å². The van der Waals surface area contributed by atoms with Crippen molar-refractivity contribution in [3.05, 3.63) is 98.5 Å². The van der Waals surface area contributed by atoms with Crippen LogP contribution < -0.4 is 5.73 Å². The first-order valence-corrected chi connectivity index (χ1v) is 14.0. The minimum Gasteiger partial charge on any atom is -0.398 e. The van der Waals surface area contributed by atoms with Crippen LogP contribution in [-0.4, -0.2) is 0 Å². The summed E-state index contributed by atoms with van der Waals surface area (Å²) in [5.74, 6) is 0. The highest BCUT2D eigenvalue weighted by molar-refractivity contribution is 9.10. The molecule has 0 amide bonds. The summed E-state index contributed by atoms with van der Waals surface area (Å²) in [5.41, 5.74) is 16.7. The highest BCUT2D eigenvalue weighted by atomic mass is 79.9. The number of hydrogen-bond donors (Lipinski definition) is 1. The number of nitrogen functional groups attached to an aromatic ring is 1. The zero-order chi connectivity index (χ0) is 23.9. The van der Waals surface area contributed by atoms with Gasteiger partial charge in [-0.2, -0.15) is 0 Å². The molecule has 0 saturated carbocycles. The molecule has 3 aliphatic rings. The van der Waals surface area contributed by atoms with Gasteiger partial charge in [-0.1, -0.05) is 95.5 Å². The molecule has 6 rings (SSSR count). The lowest BCUT2D eigenvalue weighted by Gasteiger charge is -2.53. The first kappa shape index (κ1) is 22.4.